The second-order valence-electron chi connectivity index (χ2n) is 15.6. The van der Waals surface area contributed by atoms with Crippen molar-refractivity contribution in [2.45, 2.75) is 189 Å². The van der Waals surface area contributed by atoms with E-state index in [2.05, 4.69) is 46.4 Å². The minimum Gasteiger partial charge on any atom is -0.465 e. The van der Waals surface area contributed by atoms with Gasteiger partial charge in [0.2, 0.25) is 0 Å². The number of hydrogen-bond acceptors (Lipinski definition) is 9. The quantitative estimate of drug-likeness (QED) is 0.0413. The van der Waals surface area contributed by atoms with Crippen molar-refractivity contribution in [3.63, 3.8) is 0 Å². The van der Waals surface area contributed by atoms with E-state index in [1.807, 2.05) is 20.8 Å². The summed E-state index contributed by atoms with van der Waals surface area (Å²) in [5, 5.41) is 22.0. The fourth-order valence-electron chi connectivity index (χ4n) is 6.29. The van der Waals surface area contributed by atoms with Crippen LogP contribution in [0, 0.1) is 23.7 Å². The predicted octanol–water partition coefficient (Wildman–Crippen LogP) is 8.65. The van der Waals surface area contributed by atoms with E-state index >= 15 is 0 Å². The van der Waals surface area contributed by atoms with Gasteiger partial charge in [0.1, 0.15) is 5.60 Å². The molecule has 0 amide bonds. The highest BCUT2D eigenvalue weighted by Crippen LogP contribution is 2.25. The monoisotopic (exact) mass is 714 g/mol. The van der Waals surface area contributed by atoms with Gasteiger partial charge >= 0.3 is 17.9 Å². The molecular weight excluding hydrogens is 634 g/mol. The maximum absolute atomic E-state index is 13.1. The Balaban J connectivity index is 5.13. The van der Waals surface area contributed by atoms with Crippen molar-refractivity contribution < 1.29 is 38.8 Å². The molecule has 0 aromatic rings. The maximum Gasteiger partial charge on any atom is 0.308 e. The van der Waals surface area contributed by atoms with Crippen molar-refractivity contribution in [2.24, 2.45) is 23.7 Å². The average Bonchev–Trinajstić information content (AvgIpc) is 3.06. The second kappa shape index (κ2) is 28.8. The lowest BCUT2D eigenvalue weighted by atomic mass is 9.87. The molecule has 3 atom stereocenters. The topological polar surface area (TPSA) is 123 Å². The van der Waals surface area contributed by atoms with Gasteiger partial charge in [-0.15, -0.1) is 0 Å². The molecule has 50 heavy (non-hydrogen) atoms. The van der Waals surface area contributed by atoms with Crippen LogP contribution in [0.1, 0.15) is 171 Å². The molecule has 2 N–H and O–H groups in total. The average molecular weight is 714 g/mol. The first kappa shape index (κ1) is 48.3. The molecule has 0 heterocycles. The van der Waals surface area contributed by atoms with E-state index in [0.717, 1.165) is 51.4 Å². The Kier molecular flexibility index (Phi) is 27.8. The van der Waals surface area contributed by atoms with Crippen molar-refractivity contribution in [3.05, 3.63) is 0 Å². The number of rotatable bonds is 31. The van der Waals surface area contributed by atoms with Gasteiger partial charge in [0.15, 0.2) is 0 Å². The van der Waals surface area contributed by atoms with Crippen LogP contribution in [0.2, 0.25) is 0 Å². The summed E-state index contributed by atoms with van der Waals surface area (Å²) in [5.74, 6) is 0.607. The van der Waals surface area contributed by atoms with Crippen LogP contribution in [0.3, 0.4) is 0 Å². The molecule has 0 bridgehead atoms. The molecular formula is C41H79NO8. The normalized spacial score (nSPS) is 14.0. The Morgan fingerprint density at radius 2 is 1.08 bits per heavy atom. The van der Waals surface area contributed by atoms with Crippen molar-refractivity contribution >= 4 is 17.9 Å². The summed E-state index contributed by atoms with van der Waals surface area (Å²) in [6.45, 7) is 20.8. The first-order valence-corrected chi connectivity index (χ1v) is 20.3. The third kappa shape index (κ3) is 25.3. The summed E-state index contributed by atoms with van der Waals surface area (Å²) in [5.41, 5.74) is -0.515. The van der Waals surface area contributed by atoms with Crippen LogP contribution in [0.15, 0.2) is 0 Å². The van der Waals surface area contributed by atoms with Crippen LogP contribution in [0.5, 0.6) is 0 Å². The Hall–Kier alpha value is -1.71. The van der Waals surface area contributed by atoms with Crippen molar-refractivity contribution in [1.29, 1.82) is 0 Å². The lowest BCUT2D eigenvalue weighted by molar-refractivity contribution is -0.155. The Morgan fingerprint density at radius 3 is 1.60 bits per heavy atom. The fourth-order valence-corrected chi connectivity index (χ4v) is 6.29. The maximum atomic E-state index is 13.1. The number of carbonyl (C=O) groups is 3. The number of hydrogen-bond donors (Lipinski definition) is 2. The molecule has 0 saturated heterocycles. The number of unbranched alkanes of at least 4 members (excludes halogenated alkanes) is 2. The van der Waals surface area contributed by atoms with E-state index < -0.39 is 17.8 Å². The molecule has 9 heteroatoms. The highest BCUT2D eigenvalue weighted by atomic mass is 16.6. The van der Waals surface area contributed by atoms with E-state index in [-0.39, 0.29) is 23.8 Å². The molecule has 0 spiro atoms. The van der Waals surface area contributed by atoms with Crippen LogP contribution >= 0.6 is 0 Å². The predicted molar refractivity (Wildman–Crippen MR) is 203 cm³/mol. The number of esters is 3. The van der Waals surface area contributed by atoms with Gasteiger partial charge in [-0.25, -0.2) is 0 Å². The van der Waals surface area contributed by atoms with E-state index in [1.165, 1.54) is 0 Å². The highest BCUT2D eigenvalue weighted by Gasteiger charge is 2.25. The van der Waals surface area contributed by atoms with Gasteiger partial charge < -0.3 is 24.4 Å². The number of ether oxygens (including phenoxy) is 3. The minimum atomic E-state index is -0.604. The molecule has 0 aliphatic carbocycles. The number of aliphatic hydroxyl groups excluding tert-OH is 2. The summed E-state index contributed by atoms with van der Waals surface area (Å²) in [6, 6.07) is 0. The zero-order valence-corrected chi connectivity index (χ0v) is 33.8. The Morgan fingerprint density at radius 1 is 0.600 bits per heavy atom. The van der Waals surface area contributed by atoms with Crippen LogP contribution in [0.25, 0.3) is 0 Å². The fraction of sp³-hybridized carbons (Fsp3) is 0.927. The molecule has 0 aromatic heterocycles. The summed E-state index contributed by atoms with van der Waals surface area (Å²) in [7, 11) is 0. The molecule has 0 fully saturated rings. The number of aliphatic hydroxyl groups is 2. The van der Waals surface area contributed by atoms with Gasteiger partial charge in [0.25, 0.3) is 0 Å². The van der Waals surface area contributed by atoms with Gasteiger partial charge in [-0.05, 0) is 96.4 Å². The highest BCUT2D eigenvalue weighted by molar-refractivity contribution is 5.72. The number of nitrogens with zero attached hydrogens (tertiary/aromatic N) is 1. The third-order valence-electron chi connectivity index (χ3n) is 10.1. The van der Waals surface area contributed by atoms with Gasteiger partial charge in [0, 0.05) is 25.9 Å². The lowest BCUT2D eigenvalue weighted by Crippen LogP contribution is -2.39. The van der Waals surface area contributed by atoms with Gasteiger partial charge in [-0.3, -0.25) is 19.3 Å². The molecule has 0 radical (unpaired) electrons. The van der Waals surface area contributed by atoms with Crippen molar-refractivity contribution in [2.75, 3.05) is 32.8 Å². The zero-order valence-electron chi connectivity index (χ0n) is 33.8. The molecule has 9 nitrogen and oxygen atoms in total. The van der Waals surface area contributed by atoms with E-state index in [9.17, 15) is 24.6 Å². The van der Waals surface area contributed by atoms with Crippen molar-refractivity contribution in [1.82, 2.24) is 4.90 Å². The standard InChI is InChI=1S/C41H79NO8/c1-10-32(11-2)27-35(40(47)49-31-34(14-5)15-6)21-20-23-37(44)29-42(26-19-18-25-39(46)50-41(7,8)9)28-36(43)22-16-17-24-38(45)48-30-33(12-3)13-4/h32-37,43-44H,10-31H2,1-9H3. The summed E-state index contributed by atoms with van der Waals surface area (Å²) < 4.78 is 16.7. The second-order valence-corrected chi connectivity index (χ2v) is 15.6. The van der Waals surface area contributed by atoms with Crippen LogP contribution in [0.4, 0.5) is 0 Å². The number of carbonyl (C=O) groups excluding carboxylic acids is 3. The third-order valence-corrected chi connectivity index (χ3v) is 10.1. The SMILES string of the molecule is CCC(CC)COC(=O)CCCCC(O)CN(CCCCC(=O)OC(C)(C)C)CC(O)CCCC(CC(CC)CC)C(=O)OCC(CC)CC. The van der Waals surface area contributed by atoms with Crippen molar-refractivity contribution in [3.8, 4) is 0 Å². The molecule has 0 aliphatic rings. The minimum absolute atomic E-state index is 0.104. The summed E-state index contributed by atoms with van der Waals surface area (Å²) >= 11 is 0. The van der Waals surface area contributed by atoms with Gasteiger partial charge in [-0.1, -0.05) is 86.5 Å². The molecule has 0 aliphatic heterocycles. The van der Waals surface area contributed by atoms with E-state index in [0.29, 0.717) is 108 Å². The first-order chi connectivity index (χ1) is 23.7. The van der Waals surface area contributed by atoms with Crippen LogP contribution < -0.4 is 0 Å². The molecule has 0 aromatic carbocycles. The molecule has 3 unspecified atom stereocenters. The van der Waals surface area contributed by atoms with Crippen LogP contribution in [-0.4, -0.2) is 83.7 Å². The van der Waals surface area contributed by atoms with E-state index in [4.69, 9.17) is 14.2 Å². The van der Waals surface area contributed by atoms with Gasteiger partial charge in [0.05, 0.1) is 31.3 Å². The smallest absolute Gasteiger partial charge is 0.308 e. The van der Waals surface area contributed by atoms with Crippen LogP contribution in [-0.2, 0) is 28.6 Å². The Bertz CT molecular complexity index is 863. The lowest BCUT2D eigenvalue weighted by Gasteiger charge is -2.28. The zero-order chi connectivity index (χ0) is 38.0. The molecule has 0 saturated carbocycles. The van der Waals surface area contributed by atoms with Gasteiger partial charge in [-0.2, -0.15) is 0 Å². The van der Waals surface area contributed by atoms with E-state index in [1.54, 1.807) is 0 Å². The first-order valence-electron chi connectivity index (χ1n) is 20.3. The largest absolute Gasteiger partial charge is 0.465 e. The molecule has 0 rings (SSSR count). The summed E-state index contributed by atoms with van der Waals surface area (Å²) in [6.07, 6.45) is 11.6. The summed E-state index contributed by atoms with van der Waals surface area (Å²) in [4.78, 5) is 39.6. The Labute approximate surface area is 307 Å². The molecule has 296 valence electrons.